The molecule has 0 radical (unpaired) electrons. The van der Waals surface area contributed by atoms with Crippen LogP contribution in [0.2, 0.25) is 0 Å². The van der Waals surface area contributed by atoms with Crippen molar-refractivity contribution in [3.63, 3.8) is 0 Å². The summed E-state index contributed by atoms with van der Waals surface area (Å²) in [5.74, 6) is 0.762. The van der Waals surface area contributed by atoms with Gasteiger partial charge < -0.3 is 4.42 Å². The predicted molar refractivity (Wildman–Crippen MR) is 98.7 cm³/mol. The first-order chi connectivity index (χ1) is 11.0. The Morgan fingerprint density at radius 1 is 1.39 bits per heavy atom. The van der Waals surface area contributed by atoms with E-state index in [-0.39, 0.29) is 0 Å². The number of benzene rings is 1. The van der Waals surface area contributed by atoms with Gasteiger partial charge in [0.15, 0.2) is 0 Å². The first-order valence-corrected chi connectivity index (χ1v) is 8.65. The number of halogens is 2. The number of carbonyl (C=O) groups excluding carboxylic acids is 1. The molecule has 1 aromatic heterocycles. The van der Waals surface area contributed by atoms with E-state index in [1.165, 1.54) is 0 Å². The van der Waals surface area contributed by atoms with E-state index in [2.05, 4.69) is 48.6 Å². The van der Waals surface area contributed by atoms with Gasteiger partial charge in [-0.25, -0.2) is 0 Å². The quantitative estimate of drug-likeness (QED) is 0.354. The van der Waals surface area contributed by atoms with Gasteiger partial charge in [0.1, 0.15) is 6.29 Å². The molecule has 118 valence electrons. The number of nitrogens with zero attached hydrogens (tertiary/aromatic N) is 2. The topological polar surface area (TPSA) is 56.0 Å². The summed E-state index contributed by atoms with van der Waals surface area (Å²) >= 11 is 6.83. The minimum atomic E-state index is 0.365. The highest BCUT2D eigenvalue weighted by Crippen LogP contribution is 2.26. The lowest BCUT2D eigenvalue weighted by atomic mass is 10.1. The van der Waals surface area contributed by atoms with Crippen LogP contribution in [-0.4, -0.2) is 21.8 Å². The third kappa shape index (κ3) is 4.59. The van der Waals surface area contributed by atoms with Crippen molar-refractivity contribution in [3.8, 4) is 11.5 Å². The number of aldehydes is 1. The summed E-state index contributed by atoms with van der Waals surface area (Å²) in [4.78, 5) is 10.9. The molecule has 0 aliphatic heterocycles. The van der Waals surface area contributed by atoms with Crippen molar-refractivity contribution in [2.45, 2.75) is 6.92 Å². The first-order valence-electron chi connectivity index (χ1n) is 6.74. The highest BCUT2D eigenvalue weighted by molar-refractivity contribution is 9.12. The molecule has 1 heterocycles. The van der Waals surface area contributed by atoms with Gasteiger partial charge in [0, 0.05) is 26.5 Å². The smallest absolute Gasteiger partial charge is 0.248 e. The second-order valence-corrected chi connectivity index (χ2v) is 6.24. The van der Waals surface area contributed by atoms with Gasteiger partial charge in [0.25, 0.3) is 0 Å². The molecule has 0 fully saturated rings. The molecule has 0 unspecified atom stereocenters. The molecular formula is C17H14Br2N2O2. The number of rotatable bonds is 6. The average molecular weight is 438 g/mol. The molecule has 0 spiro atoms. The SMILES string of the molecule is C=C(C)/C(Br)=C\C(=C/CBr)c1nnc(-c2cccc(C=O)c2)o1. The summed E-state index contributed by atoms with van der Waals surface area (Å²) in [6.07, 6.45) is 4.58. The van der Waals surface area contributed by atoms with Crippen molar-refractivity contribution in [3.05, 3.63) is 64.5 Å². The molecule has 0 aliphatic rings. The maximum atomic E-state index is 10.9. The third-order valence-corrected chi connectivity index (χ3v) is 4.16. The lowest BCUT2D eigenvalue weighted by molar-refractivity contribution is 0.112. The molecule has 6 heteroatoms. The Hall–Kier alpha value is -1.79. The van der Waals surface area contributed by atoms with E-state index in [9.17, 15) is 4.79 Å². The third-order valence-electron chi connectivity index (χ3n) is 2.93. The molecule has 0 N–H and O–H groups in total. The van der Waals surface area contributed by atoms with Crippen LogP contribution < -0.4 is 0 Å². The second kappa shape index (κ2) is 8.17. The molecule has 4 nitrogen and oxygen atoms in total. The van der Waals surface area contributed by atoms with Gasteiger partial charge in [0.05, 0.1) is 0 Å². The number of hydrogen-bond acceptors (Lipinski definition) is 4. The summed E-state index contributed by atoms with van der Waals surface area (Å²) < 4.78 is 6.60. The summed E-state index contributed by atoms with van der Waals surface area (Å²) in [5, 5.41) is 8.80. The highest BCUT2D eigenvalue weighted by atomic mass is 79.9. The van der Waals surface area contributed by atoms with Crippen molar-refractivity contribution in [1.29, 1.82) is 0 Å². The van der Waals surface area contributed by atoms with Gasteiger partial charge in [-0.1, -0.05) is 56.6 Å². The molecule has 0 saturated carbocycles. The summed E-state index contributed by atoms with van der Waals surface area (Å²) in [5.41, 5.74) is 2.93. The van der Waals surface area contributed by atoms with Gasteiger partial charge in [-0.3, -0.25) is 4.79 Å². The minimum absolute atomic E-state index is 0.365. The van der Waals surface area contributed by atoms with E-state index in [4.69, 9.17) is 4.42 Å². The van der Waals surface area contributed by atoms with E-state index in [1.54, 1.807) is 18.2 Å². The van der Waals surface area contributed by atoms with Crippen LogP contribution >= 0.6 is 31.9 Å². The molecule has 2 rings (SSSR count). The van der Waals surface area contributed by atoms with Crippen LogP contribution in [-0.2, 0) is 0 Å². The molecule has 2 aromatic rings. The summed E-state index contributed by atoms with van der Waals surface area (Å²) in [6.45, 7) is 5.78. The van der Waals surface area contributed by atoms with E-state index in [1.807, 2.05) is 25.1 Å². The van der Waals surface area contributed by atoms with Crippen LogP contribution in [0, 0.1) is 0 Å². The standard InChI is InChI=1S/C17H14Br2N2O2/c1-11(2)15(19)9-14(6-7-18)17-21-20-16(23-17)13-5-3-4-12(8-13)10-22/h3-6,8-10H,1,7H2,2H3/b14-6+,15-9+. The van der Waals surface area contributed by atoms with Crippen LogP contribution in [0.15, 0.2) is 57.5 Å². The van der Waals surface area contributed by atoms with Crippen LogP contribution in [0.1, 0.15) is 23.2 Å². The fourth-order valence-corrected chi connectivity index (χ4v) is 2.35. The second-order valence-electron chi connectivity index (χ2n) is 4.74. The first kappa shape index (κ1) is 17.6. The molecule has 1 aromatic carbocycles. The Labute approximate surface area is 151 Å². The molecule has 0 amide bonds. The largest absolute Gasteiger partial charge is 0.416 e. The van der Waals surface area contributed by atoms with Crippen molar-refractivity contribution in [2.75, 3.05) is 5.33 Å². The van der Waals surface area contributed by atoms with Gasteiger partial charge in [-0.05, 0) is 30.7 Å². The lowest BCUT2D eigenvalue weighted by Crippen LogP contribution is -1.84. The molecule has 0 atom stereocenters. The fraction of sp³-hybridized carbons (Fsp3) is 0.118. The van der Waals surface area contributed by atoms with Crippen molar-refractivity contribution >= 4 is 43.7 Å². The Morgan fingerprint density at radius 3 is 2.83 bits per heavy atom. The Bertz CT molecular complexity index is 791. The number of aromatic nitrogens is 2. The zero-order chi connectivity index (χ0) is 16.8. The van der Waals surface area contributed by atoms with Crippen LogP contribution in [0.3, 0.4) is 0 Å². The monoisotopic (exact) mass is 436 g/mol. The zero-order valence-corrected chi connectivity index (χ0v) is 15.6. The fourth-order valence-electron chi connectivity index (χ4n) is 1.75. The molecule has 0 bridgehead atoms. The number of alkyl halides is 1. The predicted octanol–water partition coefficient (Wildman–Crippen LogP) is 5.18. The van der Waals surface area contributed by atoms with Gasteiger partial charge in [-0.15, -0.1) is 10.2 Å². The molecular weight excluding hydrogens is 424 g/mol. The van der Waals surface area contributed by atoms with E-state index < -0.39 is 0 Å². The number of hydrogen-bond donors (Lipinski definition) is 0. The summed E-state index contributed by atoms with van der Waals surface area (Å²) in [7, 11) is 0. The van der Waals surface area contributed by atoms with Gasteiger partial charge >= 0.3 is 0 Å². The van der Waals surface area contributed by atoms with E-state index >= 15 is 0 Å². The van der Waals surface area contributed by atoms with Gasteiger partial charge in [-0.2, -0.15) is 0 Å². The molecule has 23 heavy (non-hydrogen) atoms. The molecule has 0 saturated heterocycles. The Kier molecular flexibility index (Phi) is 6.24. The van der Waals surface area contributed by atoms with E-state index in [0.29, 0.717) is 28.2 Å². The van der Waals surface area contributed by atoms with Crippen LogP contribution in [0.25, 0.3) is 17.0 Å². The zero-order valence-electron chi connectivity index (χ0n) is 12.4. The highest BCUT2D eigenvalue weighted by Gasteiger charge is 2.12. The average Bonchev–Trinajstić information content (AvgIpc) is 3.04. The Balaban J connectivity index is 2.39. The minimum Gasteiger partial charge on any atom is -0.416 e. The normalized spacial score (nSPS) is 12.3. The van der Waals surface area contributed by atoms with Crippen LogP contribution in [0.4, 0.5) is 0 Å². The lowest BCUT2D eigenvalue weighted by Gasteiger charge is -2.00. The van der Waals surface area contributed by atoms with Crippen molar-refractivity contribution in [2.24, 2.45) is 0 Å². The van der Waals surface area contributed by atoms with Crippen LogP contribution in [0.5, 0.6) is 0 Å². The van der Waals surface area contributed by atoms with E-state index in [0.717, 1.165) is 21.9 Å². The van der Waals surface area contributed by atoms with Crippen molar-refractivity contribution < 1.29 is 9.21 Å². The number of allylic oxidation sites excluding steroid dienone is 5. The number of carbonyl (C=O) groups is 1. The van der Waals surface area contributed by atoms with Gasteiger partial charge in [0.2, 0.25) is 11.8 Å². The maximum absolute atomic E-state index is 10.9. The summed E-state index contributed by atoms with van der Waals surface area (Å²) in [6, 6.07) is 7.02. The van der Waals surface area contributed by atoms with Crippen molar-refractivity contribution in [1.82, 2.24) is 10.2 Å². The maximum Gasteiger partial charge on any atom is 0.248 e. The Morgan fingerprint density at radius 2 is 2.17 bits per heavy atom. The molecule has 0 aliphatic carbocycles.